The van der Waals surface area contributed by atoms with Crippen LogP contribution in [-0.4, -0.2) is 62.5 Å². The number of carbonyl (C=O) groups is 3. The molecule has 0 bridgehead atoms. The maximum absolute atomic E-state index is 13.0. The first-order valence-electron chi connectivity index (χ1n) is 10.9. The molecule has 2 aliphatic heterocycles. The molecular weight excluding hydrogens is 645 g/mol. The lowest BCUT2D eigenvalue weighted by Crippen LogP contribution is -2.71. The second-order valence-corrected chi connectivity index (χ2v) is 14.1. The fraction of sp³-hybridized carbons (Fsp3) is 0.182. The molecule has 0 spiro atoms. The zero-order valence-electron chi connectivity index (χ0n) is 19.7. The van der Waals surface area contributed by atoms with Crippen LogP contribution >= 0.6 is 69.1 Å². The van der Waals surface area contributed by atoms with Crippen molar-refractivity contribution in [2.75, 3.05) is 18.3 Å². The average molecular weight is 660 g/mol. The molecule has 1 fully saturated rings. The third-order valence-corrected chi connectivity index (χ3v) is 10.9. The number of nitrogens with one attached hydrogen (secondary N) is 1. The number of aliphatic carboxylic acids is 1. The number of nitrogens with two attached hydrogens (primary N) is 1. The predicted molar refractivity (Wildman–Crippen MR) is 156 cm³/mol. The first-order valence-corrected chi connectivity index (χ1v) is 15.8. The van der Waals surface area contributed by atoms with Gasteiger partial charge < -0.3 is 21.0 Å². The number of allylic oxidation sites excluding steroid dienone is 1. The number of hydrogen-bond donors (Lipinski definition) is 3. The van der Waals surface area contributed by atoms with E-state index in [-0.39, 0.29) is 33.4 Å². The summed E-state index contributed by atoms with van der Waals surface area (Å²) in [6.07, 6.45) is 1.59. The molecule has 1 saturated heterocycles. The second kappa shape index (κ2) is 11.9. The first-order chi connectivity index (χ1) is 19.2. The molecule has 0 aromatic carbocycles. The Morgan fingerprint density at radius 1 is 1.38 bits per heavy atom. The molecule has 40 heavy (non-hydrogen) atoms. The van der Waals surface area contributed by atoms with E-state index in [1.165, 1.54) is 57.6 Å². The second-order valence-electron chi connectivity index (χ2n) is 7.89. The van der Waals surface area contributed by atoms with Crippen LogP contribution < -0.4 is 16.5 Å². The molecule has 0 radical (unpaired) electrons. The summed E-state index contributed by atoms with van der Waals surface area (Å²) in [4.78, 5) is 59.8. The van der Waals surface area contributed by atoms with E-state index in [9.17, 15) is 28.7 Å². The Kier molecular flexibility index (Phi) is 8.48. The highest BCUT2D eigenvalue weighted by atomic mass is 35.5. The minimum Gasteiger partial charge on any atom is -0.477 e. The summed E-state index contributed by atoms with van der Waals surface area (Å²) in [5.41, 5.74) is 5.30. The van der Waals surface area contributed by atoms with Crippen molar-refractivity contribution >= 4 is 107 Å². The molecule has 0 saturated carbocycles. The third kappa shape index (κ3) is 5.61. The molecule has 0 aliphatic carbocycles. The number of oxime groups is 1. The number of nitrogen functional groups attached to an aromatic ring is 1. The molecule has 18 heteroatoms. The highest BCUT2D eigenvalue weighted by molar-refractivity contribution is 8.04. The number of thiazole rings is 1. The lowest BCUT2D eigenvalue weighted by atomic mass is 10.0. The summed E-state index contributed by atoms with van der Waals surface area (Å²) < 4.78 is 14.5. The van der Waals surface area contributed by atoms with Gasteiger partial charge >= 0.3 is 5.97 Å². The van der Waals surface area contributed by atoms with Gasteiger partial charge in [-0.1, -0.05) is 28.5 Å². The average Bonchev–Trinajstić information content (AvgIpc) is 3.51. The van der Waals surface area contributed by atoms with Crippen LogP contribution in [0.2, 0.25) is 4.34 Å². The minimum atomic E-state index is -1.30. The summed E-state index contributed by atoms with van der Waals surface area (Å²) in [7, 11) is 0. The summed E-state index contributed by atoms with van der Waals surface area (Å²) in [5, 5.41) is 18.9. The number of thiophene rings is 1. The minimum absolute atomic E-state index is 0.0377. The first kappa shape index (κ1) is 28.6. The van der Waals surface area contributed by atoms with Gasteiger partial charge in [0.15, 0.2) is 16.3 Å². The van der Waals surface area contributed by atoms with Crippen molar-refractivity contribution < 1.29 is 28.7 Å². The lowest BCUT2D eigenvalue weighted by molar-refractivity contribution is -0.150. The van der Waals surface area contributed by atoms with Crippen molar-refractivity contribution in [1.29, 1.82) is 0 Å². The summed E-state index contributed by atoms with van der Waals surface area (Å²) in [6.45, 7) is -1.29. The Balaban J connectivity index is 1.32. The van der Waals surface area contributed by atoms with Crippen LogP contribution in [0.4, 0.5) is 9.52 Å². The van der Waals surface area contributed by atoms with Gasteiger partial charge in [0.25, 0.3) is 18.7 Å². The quantitative estimate of drug-likeness (QED) is 0.134. The summed E-state index contributed by atoms with van der Waals surface area (Å²) in [5.74, 6) is -2.56. The molecule has 3 aromatic heterocycles. The number of aromatic nitrogens is 1. The topological polar surface area (TPSA) is 164 Å². The maximum Gasteiger partial charge on any atom is 0.352 e. The molecular formula is C22H15ClFN5O6S5. The Labute approximate surface area is 249 Å². The zero-order chi connectivity index (χ0) is 28.6. The Bertz CT molecular complexity index is 1680. The van der Waals surface area contributed by atoms with Gasteiger partial charge in [-0.3, -0.25) is 19.3 Å². The van der Waals surface area contributed by atoms with Crippen LogP contribution in [0, 0.1) is 0 Å². The number of thioether (sulfide) groups is 2. The van der Waals surface area contributed by atoms with Crippen LogP contribution in [0.25, 0.3) is 9.40 Å². The van der Waals surface area contributed by atoms with Crippen LogP contribution in [0.1, 0.15) is 5.69 Å². The number of rotatable bonds is 9. The number of carboxylic acid groups (broad SMARTS) is 1. The normalized spacial score (nSPS) is 19.2. The van der Waals surface area contributed by atoms with E-state index in [1.807, 2.05) is 0 Å². The molecule has 2 aliphatic rings. The van der Waals surface area contributed by atoms with Crippen molar-refractivity contribution in [3.8, 4) is 0 Å². The van der Waals surface area contributed by atoms with Crippen molar-refractivity contribution in [2.45, 2.75) is 15.6 Å². The molecule has 11 nitrogen and oxygen atoms in total. The summed E-state index contributed by atoms with van der Waals surface area (Å²) >= 11 is 12.3. The number of halogens is 2. The zero-order valence-corrected chi connectivity index (χ0v) is 24.5. The van der Waals surface area contributed by atoms with Crippen LogP contribution in [0.5, 0.6) is 0 Å². The number of anilines is 1. The van der Waals surface area contributed by atoms with Crippen LogP contribution in [0.3, 0.4) is 0 Å². The van der Waals surface area contributed by atoms with Gasteiger partial charge in [0.2, 0.25) is 0 Å². The van der Waals surface area contributed by atoms with E-state index in [0.29, 0.717) is 19.5 Å². The maximum atomic E-state index is 13.0. The number of fused-ring (bicyclic) bond motifs is 2. The number of nitrogens with zero attached hydrogens (tertiary/aromatic N) is 3. The highest BCUT2D eigenvalue weighted by Gasteiger charge is 2.54. The van der Waals surface area contributed by atoms with E-state index in [2.05, 4.69) is 20.3 Å². The van der Waals surface area contributed by atoms with Crippen LogP contribution in [0.15, 0.2) is 54.4 Å². The van der Waals surface area contributed by atoms with E-state index in [0.717, 1.165) is 20.3 Å². The molecule has 4 N–H and O–H groups in total. The van der Waals surface area contributed by atoms with Crippen molar-refractivity contribution in [1.82, 2.24) is 15.2 Å². The Morgan fingerprint density at radius 3 is 2.88 bits per heavy atom. The number of carbonyl (C=O) groups excluding carboxylic acids is 2. The van der Waals surface area contributed by atoms with Gasteiger partial charge in [0.1, 0.15) is 22.8 Å². The van der Waals surface area contributed by atoms with E-state index in [4.69, 9.17) is 17.3 Å². The van der Waals surface area contributed by atoms with E-state index in [1.54, 1.807) is 17.6 Å². The number of β-lactam (4-membered cyclic amide) rings is 1. The van der Waals surface area contributed by atoms with Gasteiger partial charge in [-0.25, -0.2) is 14.2 Å². The molecule has 5 rings (SSSR count). The van der Waals surface area contributed by atoms with Gasteiger partial charge in [-0.15, -0.1) is 45.8 Å². The van der Waals surface area contributed by atoms with Crippen molar-refractivity contribution in [3.63, 3.8) is 0 Å². The van der Waals surface area contributed by atoms with Crippen molar-refractivity contribution in [2.24, 2.45) is 5.16 Å². The van der Waals surface area contributed by atoms with E-state index >= 15 is 0 Å². The molecule has 5 heterocycles. The number of alkyl halides is 1. The smallest absolute Gasteiger partial charge is 0.352 e. The SMILES string of the molecule is Nc1nc(C(=NOCF)C(=O)NC2C(=O)N3C(C(=O)O)=C(C=CSc4cc(=O)c5cc(Cl)sc5s4)CS[C@H]23)cs1. The number of carboxylic acids is 1. The third-order valence-electron chi connectivity index (χ3n) is 5.50. The Morgan fingerprint density at radius 2 is 2.17 bits per heavy atom. The lowest BCUT2D eigenvalue weighted by Gasteiger charge is -2.49. The Hall–Kier alpha value is -2.96. The molecule has 3 aromatic rings. The largest absolute Gasteiger partial charge is 0.477 e. The highest BCUT2D eigenvalue weighted by Crippen LogP contribution is 2.41. The van der Waals surface area contributed by atoms with E-state index < -0.39 is 36.1 Å². The van der Waals surface area contributed by atoms with Gasteiger partial charge in [-0.05, 0) is 23.1 Å². The molecule has 2 atom stereocenters. The summed E-state index contributed by atoms with van der Waals surface area (Å²) in [6, 6.07) is 2.07. The van der Waals surface area contributed by atoms with Gasteiger partial charge in [0.05, 0.1) is 17.9 Å². The van der Waals surface area contributed by atoms with Gasteiger partial charge in [0, 0.05) is 17.2 Å². The predicted octanol–water partition coefficient (Wildman–Crippen LogP) is 3.71. The fourth-order valence-electron chi connectivity index (χ4n) is 3.81. The monoisotopic (exact) mass is 659 g/mol. The van der Waals surface area contributed by atoms with Gasteiger partial charge in [-0.2, -0.15) is 0 Å². The fourth-order valence-corrected chi connectivity index (χ4v) is 9.41. The number of amides is 2. The van der Waals surface area contributed by atoms with Crippen molar-refractivity contribution in [3.05, 3.63) is 60.5 Å². The van der Waals surface area contributed by atoms with Crippen LogP contribution in [-0.2, 0) is 19.2 Å². The molecule has 208 valence electrons. The standard InChI is InChI=1S/C22H15ClFN5O6S5/c23-12-3-9-11(30)4-13(40-21(9)39-12)36-2-1-8-5-37-19-15(18(32)29(19)16(8)20(33)34)27-17(31)14(28-35-7-24)10-6-38-22(25)26-10/h1-4,6,15,19H,5,7H2,(H2,25,26)(H,27,31)(H,33,34)/t15?,19-/m1/s1. The molecule has 2 amide bonds. The number of hydrogen-bond acceptors (Lipinski definition) is 13. The molecule has 1 unspecified atom stereocenters.